The second kappa shape index (κ2) is 7.87. The van der Waals surface area contributed by atoms with Gasteiger partial charge in [0.15, 0.2) is 0 Å². The molecule has 2 aromatic heterocycles. The number of ether oxygens (including phenoxy) is 1. The summed E-state index contributed by atoms with van der Waals surface area (Å²) in [5.74, 6) is 1.14. The lowest BCUT2D eigenvalue weighted by Crippen LogP contribution is -2.11. The summed E-state index contributed by atoms with van der Waals surface area (Å²) in [6, 6.07) is 7.97. The minimum absolute atomic E-state index is 0.0879. The van der Waals surface area contributed by atoms with Gasteiger partial charge in [0, 0.05) is 29.2 Å². The molecule has 1 aliphatic carbocycles. The van der Waals surface area contributed by atoms with Crippen molar-refractivity contribution in [3.05, 3.63) is 52.1 Å². The monoisotopic (exact) mass is 385 g/mol. The molecule has 3 aromatic rings. The first-order valence-corrected chi connectivity index (χ1v) is 9.91. The second-order valence-electron chi connectivity index (χ2n) is 7.07. The highest BCUT2D eigenvalue weighted by Crippen LogP contribution is 2.33. The summed E-state index contributed by atoms with van der Waals surface area (Å²) in [7, 11) is 0. The van der Waals surface area contributed by atoms with Crippen LogP contribution in [0.3, 0.4) is 0 Å². The first-order chi connectivity index (χ1) is 13.2. The lowest BCUT2D eigenvalue weighted by atomic mass is 9.95. The van der Waals surface area contributed by atoms with E-state index in [9.17, 15) is 5.11 Å². The molecule has 0 saturated heterocycles. The van der Waals surface area contributed by atoms with Gasteiger partial charge in [-0.1, -0.05) is 17.7 Å². The van der Waals surface area contributed by atoms with Gasteiger partial charge in [0.25, 0.3) is 0 Å². The van der Waals surface area contributed by atoms with Gasteiger partial charge >= 0.3 is 0 Å². The number of fused-ring (bicyclic) bond motifs is 3. The average Bonchev–Trinajstić information content (AvgIpc) is 2.98. The normalized spacial score (nSPS) is 13.7. The van der Waals surface area contributed by atoms with Crippen molar-refractivity contribution in [2.45, 2.75) is 52.2 Å². The maximum Gasteiger partial charge on any atom is 0.218 e. The molecule has 0 saturated carbocycles. The van der Waals surface area contributed by atoms with E-state index in [2.05, 4.69) is 26.7 Å². The number of rotatable bonds is 6. The van der Waals surface area contributed by atoms with Gasteiger partial charge in [-0.2, -0.15) is 4.98 Å². The molecule has 6 heteroatoms. The van der Waals surface area contributed by atoms with Gasteiger partial charge in [0.1, 0.15) is 11.0 Å². The van der Waals surface area contributed by atoms with Crippen LogP contribution < -0.4 is 4.74 Å². The van der Waals surface area contributed by atoms with Crippen molar-refractivity contribution < 1.29 is 9.84 Å². The van der Waals surface area contributed by atoms with Crippen molar-refractivity contribution in [1.29, 1.82) is 0 Å². The molecule has 1 aliphatic rings. The van der Waals surface area contributed by atoms with Crippen molar-refractivity contribution in [3.63, 3.8) is 0 Å². The van der Waals surface area contributed by atoms with Gasteiger partial charge in [-0.3, -0.25) is 0 Å². The summed E-state index contributed by atoms with van der Waals surface area (Å²) < 4.78 is 8.21. The van der Waals surface area contributed by atoms with Crippen molar-refractivity contribution in [2.24, 2.45) is 0 Å². The van der Waals surface area contributed by atoms with E-state index in [0.29, 0.717) is 23.5 Å². The largest absolute Gasteiger partial charge is 0.477 e. The second-order valence-corrected chi connectivity index (χ2v) is 7.46. The fraction of sp³-hybridized carbons (Fsp3) is 0.429. The molecule has 0 aliphatic heterocycles. The van der Waals surface area contributed by atoms with E-state index in [4.69, 9.17) is 16.3 Å². The number of aryl methyl sites for hydroxylation is 3. The number of nitrogens with zero attached hydrogens (tertiary/aromatic N) is 3. The number of halogens is 1. The highest BCUT2D eigenvalue weighted by atomic mass is 35.5. The van der Waals surface area contributed by atoms with Crippen molar-refractivity contribution in [2.75, 3.05) is 6.61 Å². The molecule has 5 nitrogen and oxygen atoms in total. The third kappa shape index (κ3) is 3.80. The van der Waals surface area contributed by atoms with Crippen LogP contribution in [0.25, 0.3) is 10.9 Å². The molecule has 2 heterocycles. The molecule has 0 radical (unpaired) electrons. The zero-order valence-corrected chi connectivity index (χ0v) is 16.3. The van der Waals surface area contributed by atoms with Crippen LogP contribution in [0.5, 0.6) is 5.88 Å². The molecule has 4 rings (SSSR count). The Morgan fingerprint density at radius 1 is 1.19 bits per heavy atom. The molecular weight excluding hydrogens is 362 g/mol. The Bertz CT molecular complexity index is 947. The van der Waals surface area contributed by atoms with Crippen LogP contribution in [-0.2, 0) is 26.0 Å². The van der Waals surface area contributed by atoms with E-state index in [1.807, 2.05) is 6.07 Å². The number of aromatic nitrogens is 3. The smallest absolute Gasteiger partial charge is 0.218 e. The fourth-order valence-corrected chi connectivity index (χ4v) is 4.23. The van der Waals surface area contributed by atoms with Crippen LogP contribution in [0.1, 0.15) is 41.9 Å². The Morgan fingerprint density at radius 2 is 2.04 bits per heavy atom. The van der Waals surface area contributed by atoms with E-state index < -0.39 is 0 Å². The van der Waals surface area contributed by atoms with E-state index >= 15 is 0 Å². The topological polar surface area (TPSA) is 60.2 Å². The van der Waals surface area contributed by atoms with Gasteiger partial charge in [-0.25, -0.2) is 4.98 Å². The van der Waals surface area contributed by atoms with E-state index in [1.165, 1.54) is 35.0 Å². The lowest BCUT2D eigenvalue weighted by molar-refractivity contribution is 0.282. The lowest BCUT2D eigenvalue weighted by Gasteiger charge is -2.16. The van der Waals surface area contributed by atoms with Crippen molar-refractivity contribution in [3.8, 4) is 5.88 Å². The van der Waals surface area contributed by atoms with Crippen LogP contribution in [0.2, 0.25) is 5.15 Å². The molecule has 1 N–H and O–H groups in total. The minimum Gasteiger partial charge on any atom is -0.477 e. The summed E-state index contributed by atoms with van der Waals surface area (Å²) in [5, 5.41) is 11.2. The standard InChI is InChI=1S/C21H24ClN3O2/c1-14-23-20(22)12-21(24-14)27-10-4-9-25-18-6-3-2-5-16(18)17-11-15(13-26)7-8-19(17)25/h7-8,11-12,26H,2-6,9-10,13H2,1H3. The summed E-state index contributed by atoms with van der Waals surface area (Å²) in [4.78, 5) is 8.31. The van der Waals surface area contributed by atoms with Gasteiger partial charge in [-0.05, 0) is 62.3 Å². The predicted molar refractivity (Wildman–Crippen MR) is 106 cm³/mol. The Morgan fingerprint density at radius 3 is 2.85 bits per heavy atom. The van der Waals surface area contributed by atoms with Crippen molar-refractivity contribution >= 4 is 22.5 Å². The Kier molecular flexibility index (Phi) is 5.32. The maximum absolute atomic E-state index is 9.49. The van der Waals surface area contributed by atoms with Crippen LogP contribution in [0, 0.1) is 6.92 Å². The van der Waals surface area contributed by atoms with Crippen LogP contribution >= 0.6 is 11.6 Å². The molecule has 142 valence electrons. The number of hydrogen-bond acceptors (Lipinski definition) is 4. The molecule has 27 heavy (non-hydrogen) atoms. The van der Waals surface area contributed by atoms with E-state index in [0.717, 1.165) is 31.4 Å². The maximum atomic E-state index is 9.49. The summed E-state index contributed by atoms with van der Waals surface area (Å²) >= 11 is 5.96. The van der Waals surface area contributed by atoms with E-state index in [-0.39, 0.29) is 6.61 Å². The van der Waals surface area contributed by atoms with Crippen LogP contribution in [0.4, 0.5) is 0 Å². The highest BCUT2D eigenvalue weighted by Gasteiger charge is 2.20. The zero-order chi connectivity index (χ0) is 18.8. The third-order valence-electron chi connectivity index (χ3n) is 5.18. The molecule has 0 atom stereocenters. The quantitative estimate of drug-likeness (QED) is 0.509. The number of aliphatic hydroxyl groups excluding tert-OH is 1. The Hall–Kier alpha value is -2.11. The van der Waals surface area contributed by atoms with Gasteiger partial charge in [0.05, 0.1) is 13.2 Å². The molecule has 0 fully saturated rings. The zero-order valence-electron chi connectivity index (χ0n) is 15.5. The molecule has 0 amide bonds. The molecule has 0 bridgehead atoms. The number of aliphatic hydroxyl groups is 1. The van der Waals surface area contributed by atoms with Crippen molar-refractivity contribution in [1.82, 2.24) is 14.5 Å². The highest BCUT2D eigenvalue weighted by molar-refractivity contribution is 6.29. The molecule has 0 unspecified atom stereocenters. The average molecular weight is 386 g/mol. The SMILES string of the molecule is Cc1nc(Cl)cc(OCCCn2c3c(c4cc(CO)ccc42)CCCC3)n1. The first-order valence-electron chi connectivity index (χ1n) is 9.53. The summed E-state index contributed by atoms with van der Waals surface area (Å²) in [6.07, 6.45) is 5.62. The van der Waals surface area contributed by atoms with Gasteiger partial charge < -0.3 is 14.4 Å². The Labute approximate surface area is 164 Å². The van der Waals surface area contributed by atoms with E-state index in [1.54, 1.807) is 13.0 Å². The number of benzene rings is 1. The molecule has 1 aromatic carbocycles. The molecular formula is C21H24ClN3O2. The Balaban J connectivity index is 1.51. The third-order valence-corrected chi connectivity index (χ3v) is 5.38. The fourth-order valence-electron chi connectivity index (χ4n) is 4.02. The van der Waals surface area contributed by atoms with Gasteiger partial charge in [-0.15, -0.1) is 0 Å². The first kappa shape index (κ1) is 18.3. The molecule has 0 spiro atoms. The number of hydrogen-bond donors (Lipinski definition) is 1. The summed E-state index contributed by atoms with van der Waals surface area (Å²) in [6.45, 7) is 3.38. The van der Waals surface area contributed by atoms with Crippen LogP contribution in [-0.4, -0.2) is 26.2 Å². The minimum atomic E-state index is 0.0879. The predicted octanol–water partition coefficient (Wildman–Crippen LogP) is 4.23. The van der Waals surface area contributed by atoms with Crippen LogP contribution in [0.15, 0.2) is 24.3 Å². The summed E-state index contributed by atoms with van der Waals surface area (Å²) in [5.41, 5.74) is 5.16. The van der Waals surface area contributed by atoms with Gasteiger partial charge in [0.2, 0.25) is 5.88 Å².